The zero-order chi connectivity index (χ0) is 24.7. The van der Waals surface area contributed by atoms with Gasteiger partial charge in [-0.15, -0.1) is 0 Å². The molecule has 0 bridgehead atoms. The van der Waals surface area contributed by atoms with E-state index in [1.807, 2.05) is 19.9 Å². The van der Waals surface area contributed by atoms with E-state index in [0.717, 1.165) is 5.56 Å². The largest absolute Gasteiger partial charge is 0.490 e. The lowest BCUT2D eigenvalue weighted by atomic mass is 10.1. The molecule has 0 saturated carbocycles. The van der Waals surface area contributed by atoms with Crippen molar-refractivity contribution in [1.82, 2.24) is 0 Å². The van der Waals surface area contributed by atoms with Gasteiger partial charge in [0.15, 0.2) is 11.5 Å². The van der Waals surface area contributed by atoms with Gasteiger partial charge in [-0.25, -0.2) is 4.39 Å². The Morgan fingerprint density at radius 3 is 2.65 bits per heavy atom. The van der Waals surface area contributed by atoms with Crippen molar-refractivity contribution in [2.75, 3.05) is 11.9 Å². The standard InChI is InChI=1S/C26H21BrClFN2O3/c1-3-33-24-11-18(22(27)13-25(24)34-15-17-5-4-6-21(29)9-17)10-19(14-30)26(32)31-23-12-20(28)8-7-16(23)2/h4-13H,3,15H2,1-2H3,(H,31,32)/b19-10+. The fourth-order valence-electron chi connectivity index (χ4n) is 3.05. The molecule has 0 aliphatic heterocycles. The summed E-state index contributed by atoms with van der Waals surface area (Å²) in [5, 5.41) is 12.8. The highest BCUT2D eigenvalue weighted by Crippen LogP contribution is 2.35. The van der Waals surface area contributed by atoms with E-state index >= 15 is 0 Å². The second-order valence-electron chi connectivity index (χ2n) is 7.26. The summed E-state index contributed by atoms with van der Waals surface area (Å²) in [7, 11) is 0. The van der Waals surface area contributed by atoms with E-state index in [0.29, 0.717) is 44.4 Å². The molecule has 0 saturated heterocycles. The number of halogens is 3. The lowest BCUT2D eigenvalue weighted by molar-refractivity contribution is -0.112. The van der Waals surface area contributed by atoms with E-state index in [1.54, 1.807) is 42.5 Å². The van der Waals surface area contributed by atoms with E-state index in [-0.39, 0.29) is 18.0 Å². The Labute approximate surface area is 210 Å². The second-order valence-corrected chi connectivity index (χ2v) is 8.55. The lowest BCUT2D eigenvalue weighted by Gasteiger charge is -2.14. The molecular weight excluding hydrogens is 523 g/mol. The molecule has 5 nitrogen and oxygen atoms in total. The van der Waals surface area contributed by atoms with Crippen molar-refractivity contribution in [2.24, 2.45) is 0 Å². The minimum atomic E-state index is -0.566. The van der Waals surface area contributed by atoms with Crippen LogP contribution in [0, 0.1) is 24.1 Å². The van der Waals surface area contributed by atoms with Gasteiger partial charge in [-0.1, -0.05) is 45.7 Å². The number of carbonyl (C=O) groups excluding carboxylic acids is 1. The van der Waals surface area contributed by atoms with Crippen molar-refractivity contribution in [3.8, 4) is 17.6 Å². The maximum absolute atomic E-state index is 13.4. The number of benzene rings is 3. The Balaban J connectivity index is 1.87. The lowest BCUT2D eigenvalue weighted by Crippen LogP contribution is -2.14. The summed E-state index contributed by atoms with van der Waals surface area (Å²) in [6, 6.07) is 16.5. The van der Waals surface area contributed by atoms with E-state index in [1.165, 1.54) is 18.2 Å². The quantitative estimate of drug-likeness (QED) is 0.244. The molecule has 0 aliphatic rings. The Hall–Kier alpha value is -3.34. The average Bonchev–Trinajstić information content (AvgIpc) is 2.80. The van der Waals surface area contributed by atoms with Crippen LogP contribution in [0.4, 0.5) is 10.1 Å². The average molecular weight is 544 g/mol. The second kappa shape index (κ2) is 11.7. The first kappa shape index (κ1) is 25.3. The van der Waals surface area contributed by atoms with Crippen LogP contribution in [0.25, 0.3) is 6.08 Å². The van der Waals surface area contributed by atoms with Crippen LogP contribution >= 0.6 is 27.5 Å². The van der Waals surface area contributed by atoms with Crippen molar-refractivity contribution >= 4 is 45.2 Å². The molecule has 174 valence electrons. The highest BCUT2D eigenvalue weighted by Gasteiger charge is 2.15. The van der Waals surface area contributed by atoms with Gasteiger partial charge in [0.2, 0.25) is 0 Å². The molecule has 0 unspecified atom stereocenters. The summed E-state index contributed by atoms with van der Waals surface area (Å²) in [6.45, 7) is 4.18. The van der Waals surface area contributed by atoms with Gasteiger partial charge in [-0.05, 0) is 73.0 Å². The number of amides is 1. The van der Waals surface area contributed by atoms with Crippen molar-refractivity contribution in [2.45, 2.75) is 20.5 Å². The van der Waals surface area contributed by atoms with Crippen LogP contribution < -0.4 is 14.8 Å². The highest BCUT2D eigenvalue weighted by atomic mass is 79.9. The Bertz CT molecular complexity index is 1290. The predicted octanol–water partition coefficient (Wildman–Crippen LogP) is 7.07. The number of rotatable bonds is 8. The minimum absolute atomic E-state index is 0.101. The highest BCUT2D eigenvalue weighted by molar-refractivity contribution is 9.10. The molecule has 3 rings (SSSR count). The zero-order valence-electron chi connectivity index (χ0n) is 18.5. The number of nitrogens with zero attached hydrogens (tertiary/aromatic N) is 1. The topological polar surface area (TPSA) is 71.3 Å². The van der Waals surface area contributed by atoms with Crippen molar-refractivity contribution in [3.63, 3.8) is 0 Å². The Morgan fingerprint density at radius 1 is 1.18 bits per heavy atom. The van der Waals surface area contributed by atoms with Crippen LogP contribution in [0.15, 0.2) is 64.6 Å². The predicted molar refractivity (Wildman–Crippen MR) is 134 cm³/mol. The summed E-state index contributed by atoms with van der Waals surface area (Å²) in [6.07, 6.45) is 1.46. The number of aryl methyl sites for hydroxylation is 1. The normalized spacial score (nSPS) is 11.0. The molecule has 1 amide bonds. The summed E-state index contributed by atoms with van der Waals surface area (Å²) in [5.74, 6) is -0.0448. The van der Waals surface area contributed by atoms with Gasteiger partial charge >= 0.3 is 0 Å². The summed E-state index contributed by atoms with van der Waals surface area (Å²) in [4.78, 5) is 12.7. The summed E-state index contributed by atoms with van der Waals surface area (Å²) < 4.78 is 25.6. The fourth-order valence-corrected chi connectivity index (χ4v) is 3.66. The number of hydrogen-bond acceptors (Lipinski definition) is 4. The molecule has 0 spiro atoms. The van der Waals surface area contributed by atoms with Gasteiger partial charge in [-0.3, -0.25) is 4.79 Å². The maximum Gasteiger partial charge on any atom is 0.266 e. The molecule has 0 heterocycles. The Morgan fingerprint density at radius 2 is 1.94 bits per heavy atom. The van der Waals surface area contributed by atoms with Crippen molar-refractivity contribution in [1.29, 1.82) is 5.26 Å². The third kappa shape index (κ3) is 6.60. The van der Waals surface area contributed by atoms with E-state index in [9.17, 15) is 14.4 Å². The van der Waals surface area contributed by atoms with Crippen LogP contribution in [-0.2, 0) is 11.4 Å². The number of nitrogens with one attached hydrogen (secondary N) is 1. The SMILES string of the molecule is CCOc1cc(/C=C(\C#N)C(=O)Nc2cc(Cl)ccc2C)c(Br)cc1OCc1cccc(F)c1. The molecule has 3 aromatic rings. The smallest absolute Gasteiger partial charge is 0.266 e. The number of carbonyl (C=O) groups is 1. The minimum Gasteiger partial charge on any atom is -0.490 e. The number of anilines is 1. The third-order valence-electron chi connectivity index (χ3n) is 4.76. The van der Waals surface area contributed by atoms with Gasteiger partial charge in [0, 0.05) is 15.2 Å². The van der Waals surface area contributed by atoms with Gasteiger partial charge in [0.1, 0.15) is 24.1 Å². The van der Waals surface area contributed by atoms with E-state index in [2.05, 4.69) is 21.2 Å². The first-order chi connectivity index (χ1) is 16.3. The number of nitriles is 1. The van der Waals surface area contributed by atoms with Gasteiger partial charge in [-0.2, -0.15) is 5.26 Å². The van der Waals surface area contributed by atoms with Crippen LogP contribution in [0.1, 0.15) is 23.6 Å². The molecule has 0 radical (unpaired) electrons. The van der Waals surface area contributed by atoms with Crippen molar-refractivity contribution in [3.05, 3.63) is 92.2 Å². The van der Waals surface area contributed by atoms with Crippen LogP contribution in [0.2, 0.25) is 5.02 Å². The Kier molecular flexibility index (Phi) is 8.69. The van der Waals surface area contributed by atoms with E-state index < -0.39 is 5.91 Å². The molecule has 1 N–H and O–H groups in total. The monoisotopic (exact) mass is 542 g/mol. The zero-order valence-corrected chi connectivity index (χ0v) is 20.8. The van der Waals surface area contributed by atoms with Gasteiger partial charge in [0.25, 0.3) is 5.91 Å². The third-order valence-corrected chi connectivity index (χ3v) is 5.68. The molecule has 0 aromatic heterocycles. The molecule has 34 heavy (non-hydrogen) atoms. The van der Waals surface area contributed by atoms with Gasteiger partial charge in [0.05, 0.1) is 6.61 Å². The molecule has 0 atom stereocenters. The molecular formula is C26H21BrClFN2O3. The van der Waals surface area contributed by atoms with Crippen LogP contribution in [0.3, 0.4) is 0 Å². The first-order valence-corrected chi connectivity index (χ1v) is 11.5. The van der Waals surface area contributed by atoms with E-state index in [4.69, 9.17) is 21.1 Å². The van der Waals surface area contributed by atoms with Crippen LogP contribution in [0.5, 0.6) is 11.5 Å². The first-order valence-electron chi connectivity index (χ1n) is 10.3. The fraction of sp³-hybridized carbons (Fsp3) is 0.154. The van der Waals surface area contributed by atoms with Crippen LogP contribution in [-0.4, -0.2) is 12.5 Å². The maximum atomic E-state index is 13.4. The summed E-state index contributed by atoms with van der Waals surface area (Å²) >= 11 is 9.48. The number of hydrogen-bond donors (Lipinski definition) is 1. The summed E-state index contributed by atoms with van der Waals surface area (Å²) in [5.41, 5.74) is 2.46. The molecule has 3 aromatic carbocycles. The van der Waals surface area contributed by atoms with Crippen molar-refractivity contribution < 1.29 is 18.7 Å². The molecule has 0 fully saturated rings. The number of ether oxygens (including phenoxy) is 2. The van der Waals surface area contributed by atoms with Gasteiger partial charge < -0.3 is 14.8 Å². The molecule has 8 heteroatoms. The molecule has 0 aliphatic carbocycles.